The van der Waals surface area contributed by atoms with E-state index in [-0.39, 0.29) is 12.0 Å². The van der Waals surface area contributed by atoms with Gasteiger partial charge in [0.15, 0.2) is 0 Å². The molecular weight excluding hydrogens is 264 g/mol. The van der Waals surface area contributed by atoms with Crippen LogP contribution in [0.15, 0.2) is 54.9 Å². The minimum atomic E-state index is -0.300. The molecule has 0 amide bonds. The molecule has 1 aromatic heterocycles. The van der Waals surface area contributed by atoms with Crippen molar-refractivity contribution >= 4 is 5.97 Å². The Kier molecular flexibility index (Phi) is 4.26. The molecule has 1 saturated heterocycles. The summed E-state index contributed by atoms with van der Waals surface area (Å²) in [5.41, 5.74) is 1.67. The smallest absolute Gasteiger partial charge is 0.357 e. The number of carbonyl (C=O) groups is 1. The second-order valence-corrected chi connectivity index (χ2v) is 5.18. The Morgan fingerprint density at radius 1 is 1.14 bits per heavy atom. The van der Waals surface area contributed by atoms with E-state index in [1.165, 1.54) is 0 Å². The maximum absolute atomic E-state index is 12.2. The highest BCUT2D eigenvalue weighted by Gasteiger charge is 2.27. The molecule has 4 heteroatoms. The quantitative estimate of drug-likeness (QED) is 0.865. The molecule has 2 heterocycles. The van der Waals surface area contributed by atoms with Crippen molar-refractivity contribution in [1.29, 1.82) is 0 Å². The van der Waals surface area contributed by atoms with Gasteiger partial charge in [0.25, 0.3) is 0 Å². The van der Waals surface area contributed by atoms with Gasteiger partial charge in [0.1, 0.15) is 0 Å². The second-order valence-electron chi connectivity index (χ2n) is 5.18. The molecule has 0 bridgehead atoms. The van der Waals surface area contributed by atoms with Crippen LogP contribution in [0.1, 0.15) is 41.2 Å². The minimum Gasteiger partial charge on any atom is -0.363 e. The Labute approximate surface area is 124 Å². The topological polar surface area (TPSA) is 42.4 Å². The van der Waals surface area contributed by atoms with E-state index in [0.29, 0.717) is 5.56 Å². The van der Waals surface area contributed by atoms with Crippen LogP contribution in [0.25, 0.3) is 0 Å². The largest absolute Gasteiger partial charge is 0.363 e. The van der Waals surface area contributed by atoms with Gasteiger partial charge in [-0.3, -0.25) is 4.98 Å². The highest BCUT2D eigenvalue weighted by atomic mass is 16.7. The third-order valence-electron chi connectivity index (χ3n) is 3.73. The van der Waals surface area contributed by atoms with Gasteiger partial charge in [-0.05, 0) is 36.6 Å². The van der Waals surface area contributed by atoms with Gasteiger partial charge < -0.3 is 4.84 Å². The normalized spacial score (nSPS) is 19.1. The molecule has 0 radical (unpaired) electrons. The van der Waals surface area contributed by atoms with Gasteiger partial charge in [0.2, 0.25) is 0 Å². The van der Waals surface area contributed by atoms with Crippen LogP contribution >= 0.6 is 0 Å². The first-order valence-corrected chi connectivity index (χ1v) is 7.28. The van der Waals surface area contributed by atoms with Crippen molar-refractivity contribution in [2.45, 2.75) is 25.3 Å². The Balaban J connectivity index is 1.75. The molecule has 21 heavy (non-hydrogen) atoms. The lowest BCUT2D eigenvalue weighted by Gasteiger charge is -2.33. The average Bonchev–Trinajstić information content (AvgIpc) is 2.57. The first-order valence-electron chi connectivity index (χ1n) is 7.28. The predicted octanol–water partition coefficient (Wildman–Crippen LogP) is 3.38. The molecule has 0 spiro atoms. The number of piperidine rings is 1. The summed E-state index contributed by atoms with van der Waals surface area (Å²) in [7, 11) is 0. The van der Waals surface area contributed by atoms with Crippen LogP contribution in [-0.2, 0) is 4.84 Å². The van der Waals surface area contributed by atoms with Gasteiger partial charge in [0.05, 0.1) is 11.6 Å². The number of hydroxylamine groups is 2. The zero-order chi connectivity index (χ0) is 14.5. The van der Waals surface area contributed by atoms with Gasteiger partial charge in [-0.25, -0.2) is 4.79 Å². The monoisotopic (exact) mass is 282 g/mol. The summed E-state index contributed by atoms with van der Waals surface area (Å²) >= 11 is 0. The fourth-order valence-electron chi connectivity index (χ4n) is 2.65. The summed E-state index contributed by atoms with van der Waals surface area (Å²) in [6.07, 6.45) is 6.76. The lowest BCUT2D eigenvalue weighted by Crippen LogP contribution is -2.35. The number of carbonyl (C=O) groups excluding carboxylic acids is 1. The van der Waals surface area contributed by atoms with Crippen LogP contribution in [-0.4, -0.2) is 22.6 Å². The lowest BCUT2D eigenvalue weighted by molar-refractivity contribution is -0.152. The van der Waals surface area contributed by atoms with Gasteiger partial charge in [-0.15, -0.1) is 5.06 Å². The Bertz CT molecular complexity index is 586. The molecule has 4 nitrogen and oxygen atoms in total. The van der Waals surface area contributed by atoms with Crippen molar-refractivity contribution < 1.29 is 9.63 Å². The summed E-state index contributed by atoms with van der Waals surface area (Å²) in [6, 6.07) is 13.2. The van der Waals surface area contributed by atoms with Crippen LogP contribution < -0.4 is 0 Å². The third kappa shape index (κ3) is 3.28. The fraction of sp³-hybridized carbons (Fsp3) is 0.294. The Hall–Kier alpha value is -2.20. The highest BCUT2D eigenvalue weighted by Crippen LogP contribution is 2.30. The van der Waals surface area contributed by atoms with Crippen LogP contribution in [0.5, 0.6) is 0 Å². The molecule has 0 unspecified atom stereocenters. The summed E-state index contributed by atoms with van der Waals surface area (Å²) in [6.45, 7) is 0.762. The van der Waals surface area contributed by atoms with E-state index in [1.54, 1.807) is 23.4 Å². The van der Waals surface area contributed by atoms with Gasteiger partial charge >= 0.3 is 5.97 Å². The number of rotatable bonds is 3. The van der Waals surface area contributed by atoms with Crippen LogP contribution in [0.3, 0.4) is 0 Å². The summed E-state index contributed by atoms with van der Waals surface area (Å²) in [5.74, 6) is -0.300. The molecule has 0 N–H and O–H groups in total. The van der Waals surface area contributed by atoms with E-state index in [9.17, 15) is 4.79 Å². The number of benzene rings is 1. The van der Waals surface area contributed by atoms with Crippen molar-refractivity contribution in [3.05, 3.63) is 66.0 Å². The maximum atomic E-state index is 12.2. The second kappa shape index (κ2) is 6.50. The van der Waals surface area contributed by atoms with Gasteiger partial charge in [0, 0.05) is 18.9 Å². The minimum absolute atomic E-state index is 0.0973. The summed E-state index contributed by atoms with van der Waals surface area (Å²) < 4.78 is 0. The average molecular weight is 282 g/mol. The van der Waals surface area contributed by atoms with Gasteiger partial charge in [-0.2, -0.15) is 0 Å². The van der Waals surface area contributed by atoms with Crippen molar-refractivity contribution in [3.63, 3.8) is 0 Å². The van der Waals surface area contributed by atoms with E-state index < -0.39 is 0 Å². The molecule has 2 aromatic rings. The van der Waals surface area contributed by atoms with Crippen molar-refractivity contribution in [2.75, 3.05) is 6.54 Å². The SMILES string of the molecule is O=C(ON1CCCC[C@H]1c1cccnc1)c1ccccc1. The first-order chi connectivity index (χ1) is 10.3. The van der Waals surface area contributed by atoms with Crippen LogP contribution in [0.2, 0.25) is 0 Å². The number of nitrogens with zero attached hydrogens (tertiary/aromatic N) is 2. The maximum Gasteiger partial charge on any atom is 0.357 e. The molecule has 1 atom stereocenters. The molecule has 1 aliphatic heterocycles. The fourth-order valence-corrected chi connectivity index (χ4v) is 2.65. The van der Waals surface area contributed by atoms with E-state index in [1.807, 2.05) is 36.5 Å². The van der Waals surface area contributed by atoms with Crippen molar-refractivity contribution in [2.24, 2.45) is 0 Å². The number of hydrogen-bond donors (Lipinski definition) is 0. The molecule has 1 aromatic carbocycles. The molecule has 0 aliphatic carbocycles. The molecule has 108 valence electrons. The van der Waals surface area contributed by atoms with E-state index in [4.69, 9.17) is 4.84 Å². The first kappa shape index (κ1) is 13.8. The van der Waals surface area contributed by atoms with Gasteiger partial charge in [-0.1, -0.05) is 30.7 Å². The number of aromatic nitrogens is 1. The zero-order valence-corrected chi connectivity index (χ0v) is 11.8. The summed E-state index contributed by atoms with van der Waals surface area (Å²) in [5, 5.41) is 1.80. The Morgan fingerprint density at radius 3 is 2.76 bits per heavy atom. The molecule has 3 rings (SSSR count). The molecule has 0 saturated carbocycles. The number of hydrogen-bond acceptors (Lipinski definition) is 4. The van der Waals surface area contributed by atoms with E-state index in [2.05, 4.69) is 4.98 Å². The van der Waals surface area contributed by atoms with Crippen LogP contribution in [0, 0.1) is 0 Å². The van der Waals surface area contributed by atoms with E-state index >= 15 is 0 Å². The third-order valence-corrected chi connectivity index (χ3v) is 3.73. The summed E-state index contributed by atoms with van der Waals surface area (Å²) in [4.78, 5) is 22.0. The zero-order valence-electron chi connectivity index (χ0n) is 11.8. The van der Waals surface area contributed by atoms with Crippen molar-refractivity contribution in [1.82, 2.24) is 10.0 Å². The molecular formula is C17H18N2O2. The number of pyridine rings is 1. The van der Waals surface area contributed by atoms with Crippen LogP contribution in [0.4, 0.5) is 0 Å². The molecule has 1 aliphatic rings. The lowest BCUT2D eigenvalue weighted by atomic mass is 9.98. The molecule has 1 fully saturated rings. The van der Waals surface area contributed by atoms with E-state index in [0.717, 1.165) is 31.4 Å². The standard InChI is InChI=1S/C17H18N2O2/c20-17(14-7-2-1-3-8-14)21-19-12-5-4-10-16(19)15-9-6-11-18-13-15/h1-3,6-9,11,13,16H,4-5,10,12H2/t16-/m0/s1. The predicted molar refractivity (Wildman–Crippen MR) is 79.4 cm³/mol. The van der Waals surface area contributed by atoms with Crippen molar-refractivity contribution in [3.8, 4) is 0 Å². The highest BCUT2D eigenvalue weighted by molar-refractivity contribution is 5.89. The Morgan fingerprint density at radius 2 is 2.00 bits per heavy atom.